The van der Waals surface area contributed by atoms with Crippen LogP contribution < -0.4 is 4.74 Å². The maximum atomic E-state index is 10.8. The van der Waals surface area contributed by atoms with Crippen LogP contribution in [-0.4, -0.2) is 52.0 Å². The molecule has 1 fully saturated rings. The van der Waals surface area contributed by atoms with Crippen molar-refractivity contribution >= 4 is 11.6 Å². The molecule has 0 bridgehead atoms. The smallest absolute Gasteiger partial charge is 0.229 e. The third-order valence-electron chi connectivity index (χ3n) is 4.16. The molecule has 0 radical (unpaired) electrons. The molecule has 1 aromatic carbocycles. The number of rotatable bonds is 6. The van der Waals surface area contributed by atoms with E-state index in [0.717, 1.165) is 31.7 Å². The highest BCUT2D eigenvalue weighted by Gasteiger charge is 2.35. The molecular formula is C17H22ClN3O3. The van der Waals surface area contributed by atoms with Crippen molar-refractivity contribution in [2.45, 2.75) is 31.8 Å². The van der Waals surface area contributed by atoms with E-state index < -0.39 is 5.60 Å². The Bertz CT molecular complexity index is 679. The maximum absolute atomic E-state index is 10.8. The average Bonchev–Trinajstić information content (AvgIpc) is 2.92. The number of benzene rings is 1. The lowest BCUT2D eigenvalue weighted by molar-refractivity contribution is -0.0372. The molecule has 1 saturated heterocycles. The molecule has 0 amide bonds. The van der Waals surface area contributed by atoms with E-state index >= 15 is 0 Å². The molecule has 1 aliphatic heterocycles. The molecule has 3 rings (SSSR count). The number of hydrogen-bond donors (Lipinski definition) is 1. The Morgan fingerprint density at radius 2 is 2.33 bits per heavy atom. The van der Waals surface area contributed by atoms with Crippen molar-refractivity contribution in [2.75, 3.05) is 26.2 Å². The summed E-state index contributed by atoms with van der Waals surface area (Å²) >= 11 is 5.95. The molecule has 0 saturated carbocycles. The van der Waals surface area contributed by atoms with Crippen LogP contribution in [0.2, 0.25) is 5.02 Å². The molecule has 0 spiro atoms. The van der Waals surface area contributed by atoms with Crippen molar-refractivity contribution in [3.8, 4) is 5.75 Å². The van der Waals surface area contributed by atoms with Gasteiger partial charge in [0.15, 0.2) is 5.82 Å². The van der Waals surface area contributed by atoms with Gasteiger partial charge in [0.05, 0.1) is 12.0 Å². The van der Waals surface area contributed by atoms with E-state index in [4.69, 9.17) is 20.9 Å². The summed E-state index contributed by atoms with van der Waals surface area (Å²) in [7, 11) is 0. The van der Waals surface area contributed by atoms with Crippen LogP contribution >= 0.6 is 11.6 Å². The Kier molecular flexibility index (Phi) is 5.38. The summed E-state index contributed by atoms with van der Waals surface area (Å²) in [5.41, 5.74) is -0.826. The van der Waals surface area contributed by atoms with Crippen LogP contribution in [0.3, 0.4) is 0 Å². The van der Waals surface area contributed by atoms with E-state index in [2.05, 4.69) is 15.0 Å². The fraction of sp³-hybridized carbons (Fsp3) is 0.529. The highest BCUT2D eigenvalue weighted by Crippen LogP contribution is 2.25. The summed E-state index contributed by atoms with van der Waals surface area (Å²) in [5, 5.41) is 15.3. The number of likely N-dealkylation sites (tertiary alicyclic amines) is 1. The molecule has 0 aliphatic carbocycles. The van der Waals surface area contributed by atoms with Gasteiger partial charge in [0.1, 0.15) is 12.4 Å². The van der Waals surface area contributed by atoms with Crippen LogP contribution in [-0.2, 0) is 6.42 Å². The Labute approximate surface area is 146 Å². The molecular weight excluding hydrogens is 330 g/mol. The second-order valence-electron chi connectivity index (χ2n) is 6.32. The minimum atomic E-state index is -0.826. The number of ether oxygens (including phenoxy) is 1. The molecule has 1 unspecified atom stereocenters. The van der Waals surface area contributed by atoms with Gasteiger partial charge in [-0.25, -0.2) is 0 Å². The number of hydrogen-bond acceptors (Lipinski definition) is 6. The van der Waals surface area contributed by atoms with Gasteiger partial charge in [0, 0.05) is 18.1 Å². The first-order chi connectivity index (χ1) is 11.5. The summed E-state index contributed by atoms with van der Waals surface area (Å²) in [5.74, 6) is 1.85. The summed E-state index contributed by atoms with van der Waals surface area (Å²) < 4.78 is 10.9. The minimum Gasteiger partial charge on any atom is -0.492 e. The molecule has 2 heterocycles. The Balaban J connectivity index is 1.49. The average molecular weight is 352 g/mol. The Morgan fingerprint density at radius 1 is 1.46 bits per heavy atom. The van der Waals surface area contributed by atoms with E-state index in [1.165, 1.54) is 0 Å². The first-order valence-electron chi connectivity index (χ1n) is 8.15. The highest BCUT2D eigenvalue weighted by molar-refractivity contribution is 6.30. The van der Waals surface area contributed by atoms with E-state index in [9.17, 15) is 5.11 Å². The van der Waals surface area contributed by atoms with Gasteiger partial charge in [0.2, 0.25) is 5.89 Å². The van der Waals surface area contributed by atoms with Crippen LogP contribution in [0.4, 0.5) is 0 Å². The SMILES string of the molecule is Cc1noc(CC2(O)CCCN(CCOc3cccc(Cl)c3)C2)n1. The summed E-state index contributed by atoms with van der Waals surface area (Å²) in [6.45, 7) is 4.60. The van der Waals surface area contributed by atoms with Crippen molar-refractivity contribution in [1.29, 1.82) is 0 Å². The topological polar surface area (TPSA) is 71.6 Å². The molecule has 1 N–H and O–H groups in total. The highest BCUT2D eigenvalue weighted by atomic mass is 35.5. The van der Waals surface area contributed by atoms with Crippen LogP contribution in [0.1, 0.15) is 24.6 Å². The fourth-order valence-electron chi connectivity index (χ4n) is 3.08. The van der Waals surface area contributed by atoms with E-state index in [1.807, 2.05) is 18.2 Å². The summed E-state index contributed by atoms with van der Waals surface area (Å²) in [6.07, 6.45) is 2.06. The fourth-order valence-corrected chi connectivity index (χ4v) is 3.26. The second-order valence-corrected chi connectivity index (χ2v) is 6.76. The number of β-amino-alcohol motifs (C(OH)–C–C–N with tert-alkyl or cyclic N) is 1. The van der Waals surface area contributed by atoms with Crippen molar-refractivity contribution in [1.82, 2.24) is 15.0 Å². The number of halogens is 1. The van der Waals surface area contributed by atoms with Gasteiger partial charge < -0.3 is 14.4 Å². The Morgan fingerprint density at radius 3 is 3.08 bits per heavy atom. The lowest BCUT2D eigenvalue weighted by atomic mass is 9.89. The normalized spacial score (nSPS) is 21.8. The van der Waals surface area contributed by atoms with Crippen LogP contribution in [0.25, 0.3) is 0 Å². The number of aryl methyl sites for hydroxylation is 1. The van der Waals surface area contributed by atoms with Crippen molar-refractivity contribution in [3.05, 3.63) is 41.0 Å². The number of aliphatic hydroxyl groups is 1. The third kappa shape index (κ3) is 4.69. The monoisotopic (exact) mass is 351 g/mol. The van der Waals surface area contributed by atoms with Gasteiger partial charge in [-0.1, -0.05) is 22.8 Å². The van der Waals surface area contributed by atoms with Crippen molar-refractivity contribution in [2.24, 2.45) is 0 Å². The van der Waals surface area contributed by atoms with Crippen LogP contribution in [0.15, 0.2) is 28.8 Å². The second kappa shape index (κ2) is 7.51. The zero-order valence-electron chi connectivity index (χ0n) is 13.7. The van der Waals surface area contributed by atoms with Gasteiger partial charge in [-0.3, -0.25) is 4.90 Å². The maximum Gasteiger partial charge on any atom is 0.229 e. The Hall–Kier alpha value is -1.63. The minimum absolute atomic E-state index is 0.388. The van der Waals surface area contributed by atoms with Crippen molar-refractivity contribution < 1.29 is 14.4 Å². The standard InChI is InChI=1S/C17H22ClN3O3/c1-13-19-16(24-20-13)11-17(22)6-3-7-21(12-17)8-9-23-15-5-2-4-14(18)10-15/h2,4-5,10,22H,3,6-9,11-12H2,1H3. The number of nitrogens with zero attached hydrogens (tertiary/aromatic N) is 3. The van der Waals surface area contributed by atoms with Crippen molar-refractivity contribution in [3.63, 3.8) is 0 Å². The van der Waals surface area contributed by atoms with Gasteiger partial charge in [-0.05, 0) is 44.5 Å². The zero-order valence-corrected chi connectivity index (χ0v) is 14.5. The zero-order chi connectivity index (χ0) is 17.0. The predicted molar refractivity (Wildman–Crippen MR) is 90.3 cm³/mol. The molecule has 130 valence electrons. The van der Waals surface area contributed by atoms with Crippen LogP contribution in [0, 0.1) is 6.92 Å². The number of aromatic nitrogens is 2. The van der Waals surface area contributed by atoms with E-state index in [1.54, 1.807) is 13.0 Å². The number of piperidine rings is 1. The van der Waals surface area contributed by atoms with E-state index in [-0.39, 0.29) is 0 Å². The molecule has 1 aliphatic rings. The summed E-state index contributed by atoms with van der Waals surface area (Å²) in [6, 6.07) is 7.37. The van der Waals surface area contributed by atoms with Gasteiger partial charge in [-0.15, -0.1) is 0 Å². The molecule has 6 nitrogen and oxygen atoms in total. The summed E-state index contributed by atoms with van der Waals surface area (Å²) in [4.78, 5) is 6.40. The van der Waals surface area contributed by atoms with E-state index in [0.29, 0.717) is 36.3 Å². The van der Waals surface area contributed by atoms with Gasteiger partial charge in [-0.2, -0.15) is 4.98 Å². The van der Waals surface area contributed by atoms with Crippen LogP contribution in [0.5, 0.6) is 5.75 Å². The predicted octanol–water partition coefficient (Wildman–Crippen LogP) is 2.48. The molecule has 7 heteroatoms. The quantitative estimate of drug-likeness (QED) is 0.862. The molecule has 1 aromatic heterocycles. The molecule has 24 heavy (non-hydrogen) atoms. The molecule has 2 aromatic rings. The largest absolute Gasteiger partial charge is 0.492 e. The third-order valence-corrected chi connectivity index (χ3v) is 4.39. The first-order valence-corrected chi connectivity index (χ1v) is 8.53. The van der Waals surface area contributed by atoms with Gasteiger partial charge >= 0.3 is 0 Å². The molecule has 1 atom stereocenters. The van der Waals surface area contributed by atoms with Gasteiger partial charge in [0.25, 0.3) is 0 Å². The lowest BCUT2D eigenvalue weighted by Crippen LogP contribution is -2.50. The lowest BCUT2D eigenvalue weighted by Gasteiger charge is -2.38. The first kappa shape index (κ1) is 17.2.